The average molecular weight is 275 g/mol. The van der Waals surface area contributed by atoms with E-state index in [1.54, 1.807) is 6.07 Å². The van der Waals surface area contributed by atoms with Gasteiger partial charge in [0, 0.05) is 17.8 Å². The molecule has 0 unspecified atom stereocenters. The van der Waals surface area contributed by atoms with Crippen LogP contribution in [-0.2, 0) is 4.74 Å². The second-order valence-electron chi connectivity index (χ2n) is 5.17. The number of nitriles is 1. The summed E-state index contributed by atoms with van der Waals surface area (Å²) in [6, 6.07) is 6.66. The van der Waals surface area contributed by atoms with E-state index >= 15 is 0 Å². The molecule has 1 N–H and O–H groups in total. The van der Waals surface area contributed by atoms with E-state index in [9.17, 15) is 10.1 Å². The van der Waals surface area contributed by atoms with Gasteiger partial charge in [-0.3, -0.25) is 10.1 Å². The lowest BCUT2D eigenvalue weighted by Gasteiger charge is -2.33. The summed E-state index contributed by atoms with van der Waals surface area (Å²) in [6.45, 7) is 4.06. The molecule has 0 radical (unpaired) electrons. The number of anilines is 1. The van der Waals surface area contributed by atoms with E-state index in [1.807, 2.05) is 19.9 Å². The van der Waals surface area contributed by atoms with Crippen molar-refractivity contribution >= 4 is 11.4 Å². The highest BCUT2D eigenvalue weighted by atomic mass is 16.6. The summed E-state index contributed by atoms with van der Waals surface area (Å²) in [4.78, 5) is 10.2. The van der Waals surface area contributed by atoms with Crippen molar-refractivity contribution in [2.75, 3.05) is 5.32 Å². The Morgan fingerprint density at radius 1 is 1.40 bits per heavy atom. The zero-order valence-electron chi connectivity index (χ0n) is 11.5. The number of nitrogens with zero attached hydrogens (tertiary/aromatic N) is 2. The first-order valence-corrected chi connectivity index (χ1v) is 6.60. The number of hydrogen-bond donors (Lipinski definition) is 1. The minimum Gasteiger partial charge on any atom is -0.382 e. The highest BCUT2D eigenvalue weighted by Gasteiger charge is 2.24. The summed E-state index contributed by atoms with van der Waals surface area (Å²) in [7, 11) is 0. The van der Waals surface area contributed by atoms with Gasteiger partial charge in [-0.1, -0.05) is 0 Å². The molecule has 1 fully saturated rings. The van der Waals surface area contributed by atoms with Crippen molar-refractivity contribution in [2.45, 2.75) is 44.9 Å². The van der Waals surface area contributed by atoms with Crippen LogP contribution in [0, 0.1) is 21.4 Å². The second kappa shape index (κ2) is 5.88. The number of nitro benzene ring substituents is 1. The minimum absolute atomic E-state index is 0.0770. The molecule has 1 aliphatic rings. The van der Waals surface area contributed by atoms with Gasteiger partial charge in [-0.15, -0.1) is 0 Å². The fourth-order valence-corrected chi connectivity index (χ4v) is 2.63. The molecule has 1 heterocycles. The Morgan fingerprint density at radius 3 is 2.60 bits per heavy atom. The molecule has 6 nitrogen and oxygen atoms in total. The molecule has 0 aliphatic carbocycles. The van der Waals surface area contributed by atoms with Gasteiger partial charge in [0.05, 0.1) is 17.1 Å². The lowest BCUT2D eigenvalue weighted by Crippen LogP contribution is -2.36. The van der Waals surface area contributed by atoms with Gasteiger partial charge in [0.2, 0.25) is 0 Å². The molecule has 0 saturated carbocycles. The van der Waals surface area contributed by atoms with Crippen molar-refractivity contribution in [3.63, 3.8) is 0 Å². The Kier molecular flexibility index (Phi) is 4.20. The molecule has 1 saturated heterocycles. The van der Waals surface area contributed by atoms with Crippen LogP contribution in [0.2, 0.25) is 0 Å². The van der Waals surface area contributed by atoms with Crippen LogP contribution in [0.25, 0.3) is 0 Å². The number of rotatable bonds is 3. The van der Waals surface area contributed by atoms with Crippen LogP contribution in [0.15, 0.2) is 18.2 Å². The fourth-order valence-electron chi connectivity index (χ4n) is 2.63. The number of nitrogens with one attached hydrogen (secondary N) is 1. The smallest absolute Gasteiger partial charge is 0.287 e. The van der Waals surface area contributed by atoms with Gasteiger partial charge in [-0.05, 0) is 38.8 Å². The molecule has 20 heavy (non-hydrogen) atoms. The average Bonchev–Trinajstić information content (AvgIpc) is 2.37. The summed E-state index contributed by atoms with van der Waals surface area (Å²) in [6.07, 6.45) is 2.13. The Labute approximate surface area is 117 Å². The Balaban J connectivity index is 2.14. The largest absolute Gasteiger partial charge is 0.382 e. The first-order valence-electron chi connectivity index (χ1n) is 6.60. The molecule has 0 spiro atoms. The summed E-state index contributed by atoms with van der Waals surface area (Å²) >= 11 is 0. The maximum atomic E-state index is 10.8. The van der Waals surface area contributed by atoms with Crippen LogP contribution in [0.1, 0.15) is 32.3 Å². The summed E-state index contributed by atoms with van der Waals surface area (Å²) < 4.78 is 5.67. The van der Waals surface area contributed by atoms with Gasteiger partial charge < -0.3 is 10.1 Å². The highest BCUT2D eigenvalue weighted by molar-refractivity contribution is 5.59. The monoisotopic (exact) mass is 275 g/mol. The Bertz CT molecular complexity index is 543. The molecule has 6 heteroatoms. The minimum atomic E-state index is -0.541. The Morgan fingerprint density at radius 2 is 2.05 bits per heavy atom. The number of ether oxygens (including phenoxy) is 1. The van der Waals surface area contributed by atoms with Gasteiger partial charge in [0.25, 0.3) is 5.69 Å². The topological polar surface area (TPSA) is 88.2 Å². The van der Waals surface area contributed by atoms with Gasteiger partial charge >= 0.3 is 0 Å². The van der Waals surface area contributed by atoms with E-state index in [1.165, 1.54) is 12.1 Å². The van der Waals surface area contributed by atoms with Crippen molar-refractivity contribution in [3.8, 4) is 6.07 Å². The van der Waals surface area contributed by atoms with Gasteiger partial charge in [0.1, 0.15) is 11.6 Å². The molecular weight excluding hydrogens is 258 g/mol. The van der Waals surface area contributed by atoms with Crippen molar-refractivity contribution in [1.82, 2.24) is 0 Å². The van der Waals surface area contributed by atoms with E-state index in [0.29, 0.717) is 0 Å². The molecular formula is C14H17N3O3. The molecule has 1 aliphatic heterocycles. The van der Waals surface area contributed by atoms with Crippen LogP contribution in [0.4, 0.5) is 11.4 Å². The van der Waals surface area contributed by atoms with E-state index in [2.05, 4.69) is 5.32 Å². The number of nitro groups is 1. The van der Waals surface area contributed by atoms with Crippen LogP contribution < -0.4 is 5.32 Å². The highest BCUT2D eigenvalue weighted by Crippen LogP contribution is 2.26. The van der Waals surface area contributed by atoms with E-state index in [4.69, 9.17) is 10.00 Å². The molecule has 2 rings (SSSR count). The summed E-state index contributed by atoms with van der Waals surface area (Å²) in [5.41, 5.74) is 0.651. The Hall–Kier alpha value is -2.13. The standard InChI is InChI=1S/C14H17N3O3/c1-9-5-13(6-10(2)20-9)16-12-3-4-14(17(18)19)11(7-12)8-15/h3-4,7,9-10,13,16H,5-6H2,1-2H3/t9-,10-/m1/s1. The van der Waals surface area contributed by atoms with Crippen molar-refractivity contribution in [1.29, 1.82) is 5.26 Å². The van der Waals surface area contributed by atoms with Crippen molar-refractivity contribution in [3.05, 3.63) is 33.9 Å². The first-order chi connectivity index (χ1) is 9.49. The number of hydrogen-bond acceptors (Lipinski definition) is 5. The van der Waals surface area contributed by atoms with Gasteiger partial charge in [-0.2, -0.15) is 5.26 Å². The predicted octanol–water partition coefficient (Wildman–Crippen LogP) is 2.83. The van der Waals surface area contributed by atoms with Crippen molar-refractivity contribution < 1.29 is 9.66 Å². The zero-order chi connectivity index (χ0) is 14.7. The van der Waals surface area contributed by atoms with Crippen LogP contribution in [-0.4, -0.2) is 23.2 Å². The van der Waals surface area contributed by atoms with Crippen LogP contribution >= 0.6 is 0 Å². The predicted molar refractivity (Wildman–Crippen MR) is 74.5 cm³/mol. The van der Waals surface area contributed by atoms with Gasteiger partial charge in [-0.25, -0.2) is 0 Å². The van der Waals surface area contributed by atoms with Crippen molar-refractivity contribution in [2.24, 2.45) is 0 Å². The summed E-state index contributed by atoms with van der Waals surface area (Å²) in [5.74, 6) is 0. The maximum absolute atomic E-state index is 10.8. The zero-order valence-corrected chi connectivity index (χ0v) is 11.5. The lowest BCUT2D eigenvalue weighted by molar-refractivity contribution is -0.385. The quantitative estimate of drug-likeness (QED) is 0.676. The third-order valence-corrected chi connectivity index (χ3v) is 3.38. The molecule has 0 amide bonds. The molecule has 1 aromatic rings. The maximum Gasteiger partial charge on any atom is 0.287 e. The lowest BCUT2D eigenvalue weighted by atomic mass is 9.99. The molecule has 2 atom stereocenters. The second-order valence-corrected chi connectivity index (χ2v) is 5.17. The first kappa shape index (κ1) is 14.3. The normalized spacial score (nSPS) is 25.8. The van der Waals surface area contributed by atoms with Crippen LogP contribution in [0.3, 0.4) is 0 Å². The third kappa shape index (κ3) is 3.25. The van der Waals surface area contributed by atoms with Gasteiger partial charge in [0.15, 0.2) is 0 Å². The summed E-state index contributed by atoms with van der Waals surface area (Å²) in [5, 5.41) is 23.1. The molecule has 1 aromatic carbocycles. The molecule has 0 bridgehead atoms. The fraction of sp³-hybridized carbons (Fsp3) is 0.500. The molecule has 106 valence electrons. The van der Waals surface area contributed by atoms with Crippen LogP contribution in [0.5, 0.6) is 0 Å². The third-order valence-electron chi connectivity index (χ3n) is 3.38. The molecule has 0 aromatic heterocycles. The van der Waals surface area contributed by atoms with E-state index in [0.717, 1.165) is 18.5 Å². The SMILES string of the molecule is C[C@@H]1CC(Nc2ccc([N+](=O)[O-])c(C#N)c2)C[C@@H](C)O1. The van der Waals surface area contributed by atoms with E-state index < -0.39 is 4.92 Å². The number of benzene rings is 1. The van der Waals surface area contributed by atoms with E-state index in [-0.39, 0.29) is 29.5 Å².